The third-order valence-electron chi connectivity index (χ3n) is 3.97. The normalized spacial score (nSPS) is 22.8. The van der Waals surface area contributed by atoms with Gasteiger partial charge in [-0.25, -0.2) is 0 Å². The van der Waals surface area contributed by atoms with Crippen LogP contribution in [0.1, 0.15) is 31.9 Å². The van der Waals surface area contributed by atoms with Crippen LogP contribution in [0.3, 0.4) is 0 Å². The highest BCUT2D eigenvalue weighted by Gasteiger charge is 2.30. The lowest BCUT2D eigenvalue weighted by Gasteiger charge is -2.21. The molecule has 3 nitrogen and oxygen atoms in total. The molecule has 0 bridgehead atoms. The molecule has 3 heteroatoms. The molecule has 2 unspecified atom stereocenters. The topological polar surface area (TPSA) is 34.1 Å². The van der Waals surface area contributed by atoms with Crippen LogP contribution >= 0.6 is 0 Å². The third kappa shape index (κ3) is 2.69. The first-order valence-corrected chi connectivity index (χ1v) is 7.44. The quantitative estimate of drug-likeness (QED) is 0.925. The molecule has 1 aliphatic heterocycles. The Bertz CT molecular complexity index is 577. The molecular weight excluding hydrogens is 248 g/mol. The van der Waals surface area contributed by atoms with Crippen LogP contribution in [0.15, 0.2) is 36.5 Å². The molecule has 0 saturated carbocycles. The van der Waals surface area contributed by atoms with Crippen molar-refractivity contribution in [3.8, 4) is 0 Å². The Hall–Kier alpha value is -1.45. The minimum Gasteiger partial charge on any atom is -0.373 e. The van der Waals surface area contributed by atoms with E-state index in [0.717, 1.165) is 25.1 Å². The molecule has 2 atom stereocenters. The molecule has 1 aromatic carbocycles. The summed E-state index contributed by atoms with van der Waals surface area (Å²) < 4.78 is 6.01. The van der Waals surface area contributed by atoms with Crippen LogP contribution in [-0.2, 0) is 4.74 Å². The van der Waals surface area contributed by atoms with Crippen LogP contribution in [0.4, 0.5) is 0 Å². The highest BCUT2D eigenvalue weighted by molar-refractivity contribution is 5.81. The van der Waals surface area contributed by atoms with E-state index in [1.54, 1.807) is 0 Å². The molecule has 0 spiro atoms. The van der Waals surface area contributed by atoms with Crippen molar-refractivity contribution in [3.05, 3.63) is 42.1 Å². The summed E-state index contributed by atoms with van der Waals surface area (Å²) in [6.07, 6.45) is 3.15. The van der Waals surface area contributed by atoms with E-state index in [2.05, 4.69) is 48.4 Å². The summed E-state index contributed by atoms with van der Waals surface area (Å²) in [5, 5.41) is 4.73. The molecule has 1 aliphatic rings. The van der Waals surface area contributed by atoms with Crippen LogP contribution in [0.5, 0.6) is 0 Å². The van der Waals surface area contributed by atoms with Gasteiger partial charge in [-0.1, -0.05) is 38.1 Å². The van der Waals surface area contributed by atoms with E-state index in [9.17, 15) is 0 Å². The molecular formula is C17H22N2O. The number of hydrogen-bond donors (Lipinski definition) is 1. The maximum absolute atomic E-state index is 6.01. The lowest BCUT2D eigenvalue weighted by atomic mass is 9.93. The van der Waals surface area contributed by atoms with Gasteiger partial charge in [0.05, 0.1) is 11.6 Å². The predicted molar refractivity (Wildman–Crippen MR) is 81.7 cm³/mol. The molecule has 1 fully saturated rings. The van der Waals surface area contributed by atoms with Crippen molar-refractivity contribution in [2.75, 3.05) is 13.2 Å². The number of fused-ring (bicyclic) bond motifs is 1. The van der Waals surface area contributed by atoms with E-state index in [-0.39, 0.29) is 6.10 Å². The lowest BCUT2D eigenvalue weighted by molar-refractivity contribution is 0.0911. The second-order valence-electron chi connectivity index (χ2n) is 5.83. The zero-order valence-electron chi connectivity index (χ0n) is 12.2. The van der Waals surface area contributed by atoms with E-state index in [0.29, 0.717) is 12.0 Å². The van der Waals surface area contributed by atoms with Crippen molar-refractivity contribution in [2.24, 2.45) is 5.92 Å². The molecule has 106 valence electrons. The van der Waals surface area contributed by atoms with Crippen molar-refractivity contribution in [3.63, 3.8) is 0 Å². The van der Waals surface area contributed by atoms with E-state index in [1.807, 2.05) is 12.3 Å². The first kappa shape index (κ1) is 13.5. The van der Waals surface area contributed by atoms with E-state index in [1.165, 1.54) is 10.9 Å². The number of rotatable bonds is 4. The number of nitrogens with one attached hydrogen (secondary N) is 1. The summed E-state index contributed by atoms with van der Waals surface area (Å²) >= 11 is 0. The number of hydrogen-bond acceptors (Lipinski definition) is 3. The maximum Gasteiger partial charge on any atom is 0.0887 e. The van der Waals surface area contributed by atoms with Gasteiger partial charge in [0.25, 0.3) is 0 Å². The smallest absolute Gasteiger partial charge is 0.0887 e. The number of pyridine rings is 1. The SMILES string of the molecule is CC(C)NCC1CCOC1c1cccc2cccnc12. The van der Waals surface area contributed by atoms with Crippen molar-refractivity contribution in [2.45, 2.75) is 32.4 Å². The zero-order chi connectivity index (χ0) is 13.9. The number of ether oxygens (including phenoxy) is 1. The molecule has 20 heavy (non-hydrogen) atoms. The van der Waals surface area contributed by atoms with E-state index >= 15 is 0 Å². The summed E-state index contributed by atoms with van der Waals surface area (Å²) in [5.74, 6) is 0.532. The fourth-order valence-corrected chi connectivity index (χ4v) is 2.93. The maximum atomic E-state index is 6.01. The molecule has 2 aromatic rings. The molecule has 2 heterocycles. The van der Waals surface area contributed by atoms with Crippen LogP contribution in [-0.4, -0.2) is 24.2 Å². The van der Waals surface area contributed by atoms with Gasteiger partial charge in [-0.3, -0.25) is 4.98 Å². The second kappa shape index (κ2) is 5.90. The summed E-state index contributed by atoms with van der Waals surface area (Å²) in [6.45, 7) is 6.22. The zero-order valence-corrected chi connectivity index (χ0v) is 12.2. The average Bonchev–Trinajstić information content (AvgIpc) is 2.92. The van der Waals surface area contributed by atoms with Gasteiger partial charge < -0.3 is 10.1 Å². The number of nitrogens with zero attached hydrogens (tertiary/aromatic N) is 1. The first-order chi connectivity index (χ1) is 9.75. The van der Waals surface area contributed by atoms with E-state index in [4.69, 9.17) is 4.74 Å². The standard InChI is InChI=1S/C17H22N2O/c1-12(2)19-11-14-8-10-20-17(14)15-7-3-5-13-6-4-9-18-16(13)15/h3-7,9,12,14,17,19H,8,10-11H2,1-2H3. The van der Waals surface area contributed by atoms with Crippen molar-refractivity contribution >= 4 is 10.9 Å². The fraction of sp³-hybridized carbons (Fsp3) is 0.471. The molecule has 0 aliphatic carbocycles. The predicted octanol–water partition coefficient (Wildman–Crippen LogP) is 3.31. The Morgan fingerprint density at radius 1 is 1.30 bits per heavy atom. The Morgan fingerprint density at radius 3 is 3.00 bits per heavy atom. The first-order valence-electron chi connectivity index (χ1n) is 7.44. The van der Waals surface area contributed by atoms with Gasteiger partial charge in [-0.05, 0) is 12.5 Å². The number of aromatic nitrogens is 1. The number of benzene rings is 1. The van der Waals surface area contributed by atoms with Crippen molar-refractivity contribution < 1.29 is 4.74 Å². The van der Waals surface area contributed by atoms with Gasteiger partial charge in [-0.15, -0.1) is 0 Å². The molecule has 3 rings (SSSR count). The van der Waals surface area contributed by atoms with Gasteiger partial charge in [0.2, 0.25) is 0 Å². The fourth-order valence-electron chi connectivity index (χ4n) is 2.93. The molecule has 1 saturated heterocycles. The Morgan fingerprint density at radius 2 is 2.15 bits per heavy atom. The van der Waals surface area contributed by atoms with Gasteiger partial charge in [0, 0.05) is 42.3 Å². The summed E-state index contributed by atoms with van der Waals surface area (Å²) in [7, 11) is 0. The monoisotopic (exact) mass is 270 g/mol. The van der Waals surface area contributed by atoms with Gasteiger partial charge >= 0.3 is 0 Å². The van der Waals surface area contributed by atoms with Gasteiger partial charge in [-0.2, -0.15) is 0 Å². The average molecular weight is 270 g/mol. The minimum atomic E-state index is 0.167. The van der Waals surface area contributed by atoms with Crippen molar-refractivity contribution in [1.82, 2.24) is 10.3 Å². The highest BCUT2D eigenvalue weighted by Crippen LogP contribution is 2.36. The Balaban J connectivity index is 1.89. The lowest BCUT2D eigenvalue weighted by Crippen LogP contribution is -2.30. The summed E-state index contributed by atoms with van der Waals surface area (Å²) in [5.41, 5.74) is 2.31. The van der Waals surface area contributed by atoms with Crippen LogP contribution < -0.4 is 5.32 Å². The second-order valence-corrected chi connectivity index (χ2v) is 5.83. The Kier molecular flexibility index (Phi) is 3.99. The van der Waals surface area contributed by atoms with Gasteiger partial charge in [0.1, 0.15) is 0 Å². The van der Waals surface area contributed by atoms with Crippen molar-refractivity contribution in [1.29, 1.82) is 0 Å². The molecule has 0 amide bonds. The van der Waals surface area contributed by atoms with E-state index < -0.39 is 0 Å². The summed E-state index contributed by atoms with van der Waals surface area (Å²) in [4.78, 5) is 4.56. The molecule has 1 N–H and O–H groups in total. The molecule has 1 aromatic heterocycles. The van der Waals surface area contributed by atoms with Crippen LogP contribution in [0.2, 0.25) is 0 Å². The number of para-hydroxylation sites is 1. The Labute approximate surface area is 120 Å². The third-order valence-corrected chi connectivity index (χ3v) is 3.97. The van der Waals surface area contributed by atoms with Gasteiger partial charge in [0.15, 0.2) is 0 Å². The largest absolute Gasteiger partial charge is 0.373 e. The van der Waals surface area contributed by atoms with Crippen LogP contribution in [0.25, 0.3) is 10.9 Å². The van der Waals surface area contributed by atoms with Crippen LogP contribution in [0, 0.1) is 5.92 Å². The highest BCUT2D eigenvalue weighted by atomic mass is 16.5. The minimum absolute atomic E-state index is 0.167. The molecule has 0 radical (unpaired) electrons. The summed E-state index contributed by atoms with van der Waals surface area (Å²) in [6, 6.07) is 11.0.